The molecule has 0 spiro atoms. The van der Waals surface area contributed by atoms with E-state index in [9.17, 15) is 4.79 Å². The largest absolute Gasteiger partial charge is 0.468 e. The molecule has 0 bridgehead atoms. The second-order valence-electron chi connectivity index (χ2n) is 7.81. The fourth-order valence-electron chi connectivity index (χ4n) is 3.63. The summed E-state index contributed by atoms with van der Waals surface area (Å²) in [5, 5.41) is -0.199. The smallest absolute Gasteiger partial charge is 0.339 e. The van der Waals surface area contributed by atoms with E-state index in [4.69, 9.17) is 26.0 Å². The minimum Gasteiger partial charge on any atom is -0.468 e. The van der Waals surface area contributed by atoms with Gasteiger partial charge in [-0.25, -0.2) is 4.79 Å². The average molecular weight is 415 g/mol. The highest BCUT2D eigenvalue weighted by Crippen LogP contribution is 2.84. The predicted molar refractivity (Wildman–Crippen MR) is 110 cm³/mol. The van der Waals surface area contributed by atoms with Crippen molar-refractivity contribution >= 4 is 34.4 Å². The maximum atomic E-state index is 12.7. The molecule has 1 aliphatic carbocycles. The molecule has 0 fully saturated rings. The first-order valence-electron chi connectivity index (χ1n) is 9.06. The number of hydrogen-bond donors (Lipinski definition) is 0. The molecule has 0 amide bonds. The van der Waals surface area contributed by atoms with Crippen molar-refractivity contribution < 1.29 is 19.0 Å². The van der Waals surface area contributed by atoms with E-state index in [0.717, 1.165) is 41.7 Å². The first-order valence-corrected chi connectivity index (χ1v) is 13.3. The molecular formula is C19H27O4PS2. The van der Waals surface area contributed by atoms with Crippen LogP contribution in [0.5, 0.6) is 0 Å². The minimum atomic E-state index is -2.22. The zero-order valence-electron chi connectivity index (χ0n) is 16.1. The Morgan fingerprint density at radius 2 is 1.81 bits per heavy atom. The SMILES string of the molecule is COC(=O)C1=C(C(C)(C)C)SP2(=S)C3=C(CCCCCC3)OC(OC)=C12. The molecule has 0 aromatic heterocycles. The summed E-state index contributed by atoms with van der Waals surface area (Å²) in [6.07, 6.45) is 6.51. The molecule has 0 aromatic carbocycles. The number of carbonyl (C=O) groups is 1. The topological polar surface area (TPSA) is 44.8 Å². The van der Waals surface area contributed by atoms with E-state index >= 15 is 0 Å². The van der Waals surface area contributed by atoms with Crippen molar-refractivity contribution in [3.8, 4) is 0 Å². The predicted octanol–water partition coefficient (Wildman–Crippen LogP) is 6.01. The van der Waals surface area contributed by atoms with Crippen molar-refractivity contribution in [3.63, 3.8) is 0 Å². The fourth-order valence-corrected chi connectivity index (χ4v) is 12.1. The number of fused-ring (bicyclic) bond motifs is 2. The Morgan fingerprint density at radius 1 is 1.15 bits per heavy atom. The van der Waals surface area contributed by atoms with Crippen LogP contribution in [-0.2, 0) is 30.8 Å². The van der Waals surface area contributed by atoms with Crippen molar-refractivity contribution in [2.45, 2.75) is 59.3 Å². The van der Waals surface area contributed by atoms with Gasteiger partial charge in [0.1, 0.15) is 5.76 Å². The molecule has 0 radical (unpaired) electrons. The van der Waals surface area contributed by atoms with Gasteiger partial charge in [0.25, 0.3) is 5.95 Å². The van der Waals surface area contributed by atoms with Crippen molar-refractivity contribution in [3.05, 3.63) is 32.8 Å². The summed E-state index contributed by atoms with van der Waals surface area (Å²) in [5.41, 5.74) is 0.365. The molecule has 4 nitrogen and oxygen atoms in total. The number of methoxy groups -OCH3 is 2. The third-order valence-electron chi connectivity index (χ3n) is 4.89. The van der Waals surface area contributed by atoms with E-state index < -0.39 is 5.24 Å². The number of allylic oxidation sites excluding steroid dienone is 3. The summed E-state index contributed by atoms with van der Waals surface area (Å²) in [4.78, 5) is 13.7. The van der Waals surface area contributed by atoms with Crippen LogP contribution in [0.25, 0.3) is 0 Å². The highest BCUT2D eigenvalue weighted by molar-refractivity contribution is 8.75. The third-order valence-corrected chi connectivity index (χ3v) is 12.7. The van der Waals surface area contributed by atoms with Crippen LogP contribution in [0.15, 0.2) is 32.8 Å². The molecule has 0 N–H and O–H groups in total. The maximum absolute atomic E-state index is 12.7. The lowest BCUT2D eigenvalue weighted by atomic mass is 9.92. The molecule has 2 aliphatic heterocycles. The van der Waals surface area contributed by atoms with Crippen molar-refractivity contribution in [1.82, 2.24) is 0 Å². The normalized spacial score (nSPS) is 26.7. The molecule has 26 heavy (non-hydrogen) atoms. The van der Waals surface area contributed by atoms with Crippen LogP contribution in [0, 0.1) is 5.41 Å². The van der Waals surface area contributed by atoms with Crippen LogP contribution in [0.4, 0.5) is 0 Å². The molecule has 0 saturated carbocycles. The van der Waals surface area contributed by atoms with Gasteiger partial charge in [0.2, 0.25) is 0 Å². The summed E-state index contributed by atoms with van der Waals surface area (Å²) in [6.45, 7) is 6.33. The molecule has 7 heteroatoms. The van der Waals surface area contributed by atoms with Crippen LogP contribution in [0.3, 0.4) is 0 Å². The third kappa shape index (κ3) is 3.29. The quantitative estimate of drug-likeness (QED) is 0.407. The van der Waals surface area contributed by atoms with Gasteiger partial charge in [-0.2, -0.15) is 0 Å². The van der Waals surface area contributed by atoms with Gasteiger partial charge in [0, 0.05) is 16.6 Å². The zero-order valence-corrected chi connectivity index (χ0v) is 18.7. The first-order chi connectivity index (χ1) is 12.2. The first kappa shape index (κ1) is 20.0. The number of hydrogen-bond acceptors (Lipinski definition) is 6. The molecule has 3 aliphatic rings. The van der Waals surface area contributed by atoms with Gasteiger partial charge in [-0.3, -0.25) is 0 Å². The second kappa shape index (κ2) is 7.37. The van der Waals surface area contributed by atoms with Crippen molar-refractivity contribution in [1.29, 1.82) is 0 Å². The van der Waals surface area contributed by atoms with Crippen LogP contribution in [-0.4, -0.2) is 20.2 Å². The summed E-state index contributed by atoms with van der Waals surface area (Å²) in [5.74, 6) is 1.04. The molecule has 1 unspecified atom stereocenters. The maximum Gasteiger partial charge on any atom is 0.339 e. The van der Waals surface area contributed by atoms with E-state index in [1.165, 1.54) is 25.3 Å². The summed E-state index contributed by atoms with van der Waals surface area (Å²) >= 11 is 8.03. The fraction of sp³-hybridized carbons (Fsp3) is 0.632. The van der Waals surface area contributed by atoms with E-state index in [1.54, 1.807) is 18.5 Å². The molecule has 2 heterocycles. The van der Waals surface area contributed by atoms with Gasteiger partial charge in [-0.05, 0) is 24.7 Å². The van der Waals surface area contributed by atoms with Crippen molar-refractivity contribution in [2.75, 3.05) is 14.2 Å². The Kier molecular flexibility index (Phi) is 5.68. The van der Waals surface area contributed by atoms with E-state index in [-0.39, 0.29) is 11.4 Å². The Hall–Kier alpha value is -0.710. The molecule has 144 valence electrons. The van der Waals surface area contributed by atoms with Gasteiger partial charge in [-0.15, -0.1) is 0 Å². The Balaban J connectivity index is 2.22. The summed E-state index contributed by atoms with van der Waals surface area (Å²) in [6, 6.07) is 0. The number of esters is 1. The summed E-state index contributed by atoms with van der Waals surface area (Å²) in [7, 11) is 3.00. The molecule has 1 atom stereocenters. The highest BCUT2D eigenvalue weighted by atomic mass is 32.9. The van der Waals surface area contributed by atoms with Crippen LogP contribution in [0.2, 0.25) is 0 Å². The standard InChI is InChI=1S/C19H27O4PS2/c1-19(2,3)16-14(17(20)21-4)15-18(22-5)23-12-10-8-6-7-9-11-13(12)24(15,25)26-16/h6-11H2,1-5H3. The van der Waals surface area contributed by atoms with Crippen LogP contribution in [0.1, 0.15) is 59.3 Å². The van der Waals surface area contributed by atoms with Gasteiger partial charge >= 0.3 is 5.97 Å². The monoisotopic (exact) mass is 414 g/mol. The van der Waals surface area contributed by atoms with Crippen molar-refractivity contribution in [2.24, 2.45) is 5.41 Å². The molecule has 3 rings (SSSR count). The van der Waals surface area contributed by atoms with Gasteiger partial charge < -0.3 is 14.2 Å². The molecule has 0 aromatic rings. The summed E-state index contributed by atoms with van der Waals surface area (Å²) < 4.78 is 16.9. The number of rotatable bonds is 2. The van der Waals surface area contributed by atoms with E-state index in [2.05, 4.69) is 20.8 Å². The Bertz CT molecular complexity index is 771. The zero-order chi connectivity index (χ0) is 19.1. The van der Waals surface area contributed by atoms with Gasteiger partial charge in [-0.1, -0.05) is 56.8 Å². The van der Waals surface area contributed by atoms with E-state index in [0.29, 0.717) is 11.5 Å². The number of carbonyl (C=O) groups excluding carboxylic acids is 1. The molecule has 0 saturated heterocycles. The van der Waals surface area contributed by atoms with Crippen LogP contribution >= 0.6 is 16.6 Å². The number of ether oxygens (including phenoxy) is 3. The minimum absolute atomic E-state index is 0.203. The Labute approximate surface area is 165 Å². The Morgan fingerprint density at radius 3 is 2.38 bits per heavy atom. The van der Waals surface area contributed by atoms with Gasteiger partial charge in [0.15, 0.2) is 0 Å². The average Bonchev–Trinajstić information content (AvgIpc) is 2.88. The lowest BCUT2D eigenvalue weighted by Crippen LogP contribution is -2.16. The molecular weight excluding hydrogens is 387 g/mol. The van der Waals surface area contributed by atoms with E-state index in [1.807, 2.05) is 0 Å². The second-order valence-corrected chi connectivity index (χ2v) is 15.0. The van der Waals surface area contributed by atoms with Gasteiger partial charge in [0.05, 0.1) is 30.3 Å². The van der Waals surface area contributed by atoms with Crippen LogP contribution < -0.4 is 0 Å². The lowest BCUT2D eigenvalue weighted by molar-refractivity contribution is -0.135. The highest BCUT2D eigenvalue weighted by Gasteiger charge is 2.51. The lowest BCUT2D eigenvalue weighted by Gasteiger charge is -2.32.